The second-order valence-electron chi connectivity index (χ2n) is 8.67. The first kappa shape index (κ1) is 20.2. The minimum Gasteiger partial charge on any atom is -0.342 e. The van der Waals surface area contributed by atoms with Gasteiger partial charge in [-0.2, -0.15) is 0 Å². The molecular formula is C22H28ClN3O3. The number of carbonyl (C=O) groups is 3. The maximum atomic E-state index is 13.4. The van der Waals surface area contributed by atoms with Crippen LogP contribution in [0, 0.1) is 10.8 Å². The van der Waals surface area contributed by atoms with Gasteiger partial charge >= 0.3 is 0 Å². The molecule has 0 aromatic heterocycles. The first-order chi connectivity index (χ1) is 13.8. The van der Waals surface area contributed by atoms with E-state index in [1.165, 1.54) is 0 Å². The van der Waals surface area contributed by atoms with Crippen LogP contribution in [0.5, 0.6) is 0 Å². The molecule has 3 amide bonds. The van der Waals surface area contributed by atoms with Crippen molar-refractivity contribution in [2.75, 3.05) is 39.3 Å². The Balaban J connectivity index is 1.57. The first-order valence-corrected chi connectivity index (χ1v) is 10.8. The SMILES string of the molecule is CCN1CCC2(CN(C(C)=O)CC23CCN(C(=O)c2cccc(Cl)c2)CC3)C1=O. The van der Waals surface area contributed by atoms with E-state index < -0.39 is 5.41 Å². The van der Waals surface area contributed by atoms with Crippen molar-refractivity contribution in [3.05, 3.63) is 34.9 Å². The van der Waals surface area contributed by atoms with Crippen molar-refractivity contribution in [3.8, 4) is 0 Å². The lowest BCUT2D eigenvalue weighted by molar-refractivity contribution is -0.141. The van der Waals surface area contributed by atoms with Crippen LogP contribution in [0.15, 0.2) is 24.3 Å². The van der Waals surface area contributed by atoms with E-state index in [-0.39, 0.29) is 23.1 Å². The number of benzene rings is 1. The Labute approximate surface area is 176 Å². The highest BCUT2D eigenvalue weighted by molar-refractivity contribution is 6.30. The maximum absolute atomic E-state index is 13.4. The van der Waals surface area contributed by atoms with Gasteiger partial charge < -0.3 is 14.7 Å². The summed E-state index contributed by atoms with van der Waals surface area (Å²) in [5.74, 6) is 0.200. The number of fused-ring (bicyclic) bond motifs is 1. The normalized spacial score (nSPS) is 26.0. The van der Waals surface area contributed by atoms with E-state index >= 15 is 0 Å². The molecule has 2 spiro atoms. The van der Waals surface area contributed by atoms with E-state index in [4.69, 9.17) is 11.6 Å². The Bertz CT molecular complexity index is 849. The summed E-state index contributed by atoms with van der Waals surface area (Å²) in [5, 5.41) is 0.549. The second-order valence-corrected chi connectivity index (χ2v) is 9.11. The number of amides is 3. The van der Waals surface area contributed by atoms with Crippen LogP contribution < -0.4 is 0 Å². The zero-order valence-electron chi connectivity index (χ0n) is 17.1. The third-order valence-electron chi connectivity index (χ3n) is 7.38. The molecule has 1 atom stereocenters. The van der Waals surface area contributed by atoms with Gasteiger partial charge in [-0.25, -0.2) is 0 Å². The number of nitrogens with zero attached hydrogens (tertiary/aromatic N) is 3. The van der Waals surface area contributed by atoms with Crippen molar-refractivity contribution in [2.45, 2.75) is 33.1 Å². The molecule has 3 fully saturated rings. The van der Waals surface area contributed by atoms with Crippen LogP contribution in [0.2, 0.25) is 5.02 Å². The van der Waals surface area contributed by atoms with Crippen molar-refractivity contribution in [1.29, 1.82) is 0 Å². The molecule has 3 saturated heterocycles. The van der Waals surface area contributed by atoms with Gasteiger partial charge in [-0.3, -0.25) is 14.4 Å². The summed E-state index contributed by atoms with van der Waals surface area (Å²) in [6, 6.07) is 7.02. The summed E-state index contributed by atoms with van der Waals surface area (Å²) < 4.78 is 0. The molecule has 3 aliphatic heterocycles. The fourth-order valence-electron chi connectivity index (χ4n) is 5.64. The zero-order chi connectivity index (χ0) is 20.8. The maximum Gasteiger partial charge on any atom is 0.253 e. The molecule has 0 radical (unpaired) electrons. The molecule has 0 aliphatic carbocycles. The van der Waals surface area contributed by atoms with Gasteiger partial charge in [-0.15, -0.1) is 0 Å². The molecule has 3 aliphatic rings. The molecule has 0 bridgehead atoms. The van der Waals surface area contributed by atoms with Gasteiger partial charge in [0, 0.05) is 62.2 Å². The van der Waals surface area contributed by atoms with Crippen molar-refractivity contribution < 1.29 is 14.4 Å². The highest BCUT2D eigenvalue weighted by Crippen LogP contribution is 2.57. The van der Waals surface area contributed by atoms with Gasteiger partial charge in [0.15, 0.2) is 0 Å². The molecular weight excluding hydrogens is 390 g/mol. The van der Waals surface area contributed by atoms with Crippen LogP contribution in [0.25, 0.3) is 0 Å². The van der Waals surface area contributed by atoms with E-state index in [0.717, 1.165) is 25.8 Å². The quantitative estimate of drug-likeness (QED) is 0.743. The summed E-state index contributed by atoms with van der Waals surface area (Å²) in [5.41, 5.74) is -0.154. The lowest BCUT2D eigenvalue weighted by atomic mass is 9.60. The Morgan fingerprint density at radius 3 is 2.38 bits per heavy atom. The number of halogens is 1. The van der Waals surface area contributed by atoms with Crippen molar-refractivity contribution >= 4 is 29.3 Å². The van der Waals surface area contributed by atoms with E-state index in [9.17, 15) is 14.4 Å². The molecule has 1 unspecified atom stereocenters. The van der Waals surface area contributed by atoms with Crippen molar-refractivity contribution in [1.82, 2.24) is 14.7 Å². The summed E-state index contributed by atoms with van der Waals surface area (Å²) in [4.78, 5) is 44.1. The van der Waals surface area contributed by atoms with Gasteiger partial charge in [0.05, 0.1) is 5.41 Å². The average molecular weight is 418 g/mol. The number of likely N-dealkylation sites (tertiary alicyclic amines) is 3. The molecule has 0 N–H and O–H groups in total. The van der Waals surface area contributed by atoms with Gasteiger partial charge in [-0.1, -0.05) is 17.7 Å². The first-order valence-electron chi connectivity index (χ1n) is 10.4. The molecule has 3 heterocycles. The lowest BCUT2D eigenvalue weighted by Gasteiger charge is -2.46. The summed E-state index contributed by atoms with van der Waals surface area (Å²) in [6.07, 6.45) is 2.28. The zero-order valence-corrected chi connectivity index (χ0v) is 17.9. The predicted molar refractivity (Wildman–Crippen MR) is 111 cm³/mol. The van der Waals surface area contributed by atoms with Crippen LogP contribution in [0.1, 0.15) is 43.5 Å². The Morgan fingerprint density at radius 1 is 1.07 bits per heavy atom. The topological polar surface area (TPSA) is 60.9 Å². The molecule has 7 heteroatoms. The second kappa shape index (κ2) is 7.31. The summed E-state index contributed by atoms with van der Waals surface area (Å²) in [6.45, 7) is 7.38. The molecule has 4 rings (SSSR count). The Kier molecular flexibility index (Phi) is 5.09. The number of rotatable bonds is 2. The van der Waals surface area contributed by atoms with E-state index in [1.54, 1.807) is 31.2 Å². The van der Waals surface area contributed by atoms with Gasteiger partial charge in [0.1, 0.15) is 0 Å². The average Bonchev–Trinajstić information content (AvgIpc) is 3.21. The molecule has 6 nitrogen and oxygen atoms in total. The van der Waals surface area contributed by atoms with Crippen LogP contribution in [0.3, 0.4) is 0 Å². The van der Waals surface area contributed by atoms with Gasteiger partial charge in [0.2, 0.25) is 11.8 Å². The fourth-order valence-corrected chi connectivity index (χ4v) is 5.84. The fraction of sp³-hybridized carbons (Fsp3) is 0.591. The van der Waals surface area contributed by atoms with E-state index in [2.05, 4.69) is 0 Å². The van der Waals surface area contributed by atoms with Crippen molar-refractivity contribution in [2.24, 2.45) is 10.8 Å². The molecule has 1 aromatic carbocycles. The minimum absolute atomic E-state index is 0.0224. The van der Waals surface area contributed by atoms with Crippen molar-refractivity contribution in [3.63, 3.8) is 0 Å². The van der Waals surface area contributed by atoms with Crippen LogP contribution >= 0.6 is 11.6 Å². The smallest absolute Gasteiger partial charge is 0.253 e. The highest BCUT2D eigenvalue weighted by Gasteiger charge is 2.65. The summed E-state index contributed by atoms with van der Waals surface area (Å²) >= 11 is 6.05. The van der Waals surface area contributed by atoms with Crippen LogP contribution in [-0.2, 0) is 9.59 Å². The van der Waals surface area contributed by atoms with Gasteiger partial charge in [0.25, 0.3) is 5.91 Å². The number of carbonyl (C=O) groups excluding carboxylic acids is 3. The molecule has 1 aromatic rings. The lowest BCUT2D eigenvalue weighted by Crippen LogP contribution is -2.53. The monoisotopic (exact) mass is 417 g/mol. The Hall–Kier alpha value is -2.08. The van der Waals surface area contributed by atoms with Crippen LogP contribution in [-0.4, -0.2) is 71.7 Å². The third kappa shape index (κ3) is 3.12. The number of hydrogen-bond donors (Lipinski definition) is 0. The number of hydrogen-bond acceptors (Lipinski definition) is 3. The van der Waals surface area contributed by atoms with E-state index in [0.29, 0.717) is 43.3 Å². The summed E-state index contributed by atoms with van der Waals surface area (Å²) in [7, 11) is 0. The third-order valence-corrected chi connectivity index (χ3v) is 7.62. The molecule has 0 saturated carbocycles. The Morgan fingerprint density at radius 2 is 1.79 bits per heavy atom. The standard InChI is InChI=1S/C22H28ClN3O3/c1-3-24-12-9-22(20(24)29)15-26(16(2)27)14-21(22)7-10-25(11-8-21)19(28)17-5-4-6-18(23)13-17/h4-6,13H,3,7-12,14-15H2,1-2H3. The highest BCUT2D eigenvalue weighted by atomic mass is 35.5. The van der Waals surface area contributed by atoms with Crippen LogP contribution in [0.4, 0.5) is 0 Å². The van der Waals surface area contributed by atoms with E-state index in [1.807, 2.05) is 21.6 Å². The minimum atomic E-state index is -0.500. The van der Waals surface area contributed by atoms with Gasteiger partial charge in [-0.05, 0) is 44.4 Å². The largest absolute Gasteiger partial charge is 0.342 e. The molecule has 156 valence electrons. The number of piperidine rings is 1. The molecule has 29 heavy (non-hydrogen) atoms. The predicted octanol–water partition coefficient (Wildman–Crippen LogP) is 2.66.